The number of hydrogen-bond acceptors (Lipinski definition) is 24. The molecule has 0 aromatic heterocycles. The molecule has 0 aromatic rings. The van der Waals surface area contributed by atoms with Crippen LogP contribution in [0.25, 0.3) is 10.4 Å². The average Bonchev–Trinajstić information content (AvgIpc) is 3.15. The summed E-state index contributed by atoms with van der Waals surface area (Å²) in [6.07, 6.45) is -22.7. The minimum absolute atomic E-state index is 0.577. The molecule has 352 valence electrons. The van der Waals surface area contributed by atoms with Gasteiger partial charge in [0.1, 0.15) is 50.3 Å². The summed E-state index contributed by atoms with van der Waals surface area (Å²) in [6, 6.07) is 0. The highest BCUT2D eigenvalue weighted by Gasteiger charge is 2.58. The van der Waals surface area contributed by atoms with E-state index in [1.807, 2.05) is 0 Å². The van der Waals surface area contributed by atoms with E-state index in [0.29, 0.717) is 0 Å². The van der Waals surface area contributed by atoms with Crippen LogP contribution in [0, 0.1) is 5.92 Å². The van der Waals surface area contributed by atoms with Gasteiger partial charge in [0.25, 0.3) is 0 Å². The number of carbonyl (C=O) groups excluding carboxylic acids is 9. The van der Waals surface area contributed by atoms with Crippen molar-refractivity contribution in [3.05, 3.63) is 10.4 Å². The van der Waals surface area contributed by atoms with Crippen molar-refractivity contribution in [3.8, 4) is 0 Å². The lowest BCUT2D eigenvalue weighted by Gasteiger charge is -2.50. The first-order valence-corrected chi connectivity index (χ1v) is 19.3. The third kappa shape index (κ3) is 15.3. The molecule has 3 saturated heterocycles. The topological polar surface area (TPSA) is 332 Å². The number of azide groups is 1. The molecule has 3 aliphatic rings. The summed E-state index contributed by atoms with van der Waals surface area (Å²) in [4.78, 5) is 114. The predicted octanol–water partition coefficient (Wildman–Crippen LogP) is 0.157. The summed E-state index contributed by atoms with van der Waals surface area (Å²) >= 11 is 0. The second-order valence-corrected chi connectivity index (χ2v) is 14.3. The fourth-order valence-corrected chi connectivity index (χ4v) is 6.85. The van der Waals surface area contributed by atoms with Crippen LogP contribution in [0.2, 0.25) is 0 Å². The maximum absolute atomic E-state index is 12.7. The van der Waals surface area contributed by atoms with Crippen LogP contribution in [0.3, 0.4) is 0 Å². The second kappa shape index (κ2) is 23.7. The zero-order valence-electron chi connectivity index (χ0n) is 36.0. The second-order valence-electron chi connectivity index (χ2n) is 14.3. The van der Waals surface area contributed by atoms with E-state index in [2.05, 4.69) is 10.0 Å². The quantitative estimate of drug-likeness (QED) is 0.0616. The van der Waals surface area contributed by atoms with Gasteiger partial charge in [-0.1, -0.05) is 12.0 Å². The van der Waals surface area contributed by atoms with E-state index in [-0.39, 0.29) is 0 Å². The molecule has 15 atom stereocenters. The smallest absolute Gasteiger partial charge is 0.303 e. The summed E-state index contributed by atoms with van der Waals surface area (Å²) in [5.41, 5.74) is 9.56. The van der Waals surface area contributed by atoms with E-state index in [4.69, 9.17) is 66.3 Å². The fraction of sp³-hybridized carbons (Fsp3) is 0.757. The molecule has 0 amide bonds. The molecule has 6 unspecified atom stereocenters. The zero-order chi connectivity index (χ0) is 47.3. The van der Waals surface area contributed by atoms with Crippen molar-refractivity contribution in [1.29, 1.82) is 0 Å². The first-order chi connectivity index (χ1) is 29.5. The van der Waals surface area contributed by atoms with Gasteiger partial charge in [0, 0.05) is 73.1 Å². The van der Waals surface area contributed by atoms with E-state index >= 15 is 0 Å². The number of ether oxygens (including phenoxy) is 14. The lowest BCUT2D eigenvalue weighted by atomic mass is 9.90. The summed E-state index contributed by atoms with van der Waals surface area (Å²) in [5, 5.41) is 3.64. The third-order valence-corrected chi connectivity index (χ3v) is 9.06. The van der Waals surface area contributed by atoms with Crippen molar-refractivity contribution in [2.24, 2.45) is 11.0 Å². The minimum atomic E-state index is -1.86. The Morgan fingerprint density at radius 2 is 0.746 bits per heavy atom. The number of nitrogens with zero attached hydrogens (tertiary/aromatic N) is 3. The lowest BCUT2D eigenvalue weighted by molar-refractivity contribution is -0.365. The van der Waals surface area contributed by atoms with Crippen LogP contribution < -0.4 is 0 Å². The van der Waals surface area contributed by atoms with Gasteiger partial charge in [0.05, 0.1) is 0 Å². The summed E-state index contributed by atoms with van der Waals surface area (Å²) in [7, 11) is 0. The number of rotatable bonds is 17. The SMILES string of the molecule is CC(=O)OCC1O[C@@H](OC2[C@H](N=[N+]=[N-])OC(COC(C)=O)[C@H](OC(C)=O)[C@@H]2OC(C)=O)C(C)[C@@H](O[C@@H]2OC(COC(C)=O)[C@H](OC(C)=O)[C@H](OC(C)=O)C2OC(C)=O)[C@H]1OC(C)=O. The molecular formula is C37H51N3O23. The first-order valence-electron chi connectivity index (χ1n) is 19.3. The van der Waals surface area contributed by atoms with Crippen LogP contribution in [0.5, 0.6) is 0 Å². The molecule has 3 aliphatic heterocycles. The molecule has 0 spiro atoms. The Bertz CT molecular complexity index is 1750. The van der Waals surface area contributed by atoms with Crippen LogP contribution in [-0.2, 0) is 109 Å². The van der Waals surface area contributed by atoms with Gasteiger partial charge in [-0.3, -0.25) is 43.2 Å². The highest BCUT2D eigenvalue weighted by molar-refractivity contribution is 5.70. The fourth-order valence-electron chi connectivity index (χ4n) is 6.85. The van der Waals surface area contributed by atoms with Crippen LogP contribution in [0.4, 0.5) is 0 Å². The van der Waals surface area contributed by atoms with E-state index in [0.717, 1.165) is 62.3 Å². The van der Waals surface area contributed by atoms with E-state index < -0.39 is 165 Å². The van der Waals surface area contributed by atoms with Crippen LogP contribution in [0.15, 0.2) is 5.11 Å². The molecule has 0 aliphatic carbocycles. The Balaban J connectivity index is 2.24. The van der Waals surface area contributed by atoms with Crippen LogP contribution >= 0.6 is 0 Å². The van der Waals surface area contributed by atoms with Crippen molar-refractivity contribution in [2.45, 2.75) is 155 Å². The molecule has 26 nitrogen and oxygen atoms in total. The molecule has 0 N–H and O–H groups in total. The molecule has 3 rings (SSSR count). The number of esters is 9. The van der Waals surface area contributed by atoms with Crippen molar-refractivity contribution < 1.29 is 109 Å². The molecule has 3 fully saturated rings. The van der Waals surface area contributed by atoms with Gasteiger partial charge in [-0.15, -0.1) is 0 Å². The van der Waals surface area contributed by atoms with Crippen molar-refractivity contribution >= 4 is 53.7 Å². The Morgan fingerprint density at radius 1 is 0.429 bits per heavy atom. The molecule has 3 heterocycles. The molecule has 0 bridgehead atoms. The van der Waals surface area contributed by atoms with Gasteiger partial charge >= 0.3 is 53.7 Å². The maximum Gasteiger partial charge on any atom is 0.303 e. The summed E-state index contributed by atoms with van der Waals surface area (Å²) in [6.45, 7) is 8.91. The Kier molecular flexibility index (Phi) is 19.4. The van der Waals surface area contributed by atoms with Crippen LogP contribution in [-0.4, -0.2) is 159 Å². The van der Waals surface area contributed by atoms with Crippen molar-refractivity contribution in [2.75, 3.05) is 19.8 Å². The molecule has 0 saturated carbocycles. The molecule has 63 heavy (non-hydrogen) atoms. The van der Waals surface area contributed by atoms with Crippen molar-refractivity contribution in [1.82, 2.24) is 0 Å². The van der Waals surface area contributed by atoms with Gasteiger partial charge in [0.15, 0.2) is 55.4 Å². The van der Waals surface area contributed by atoms with Gasteiger partial charge in [0.2, 0.25) is 0 Å². The highest BCUT2D eigenvalue weighted by Crippen LogP contribution is 2.39. The van der Waals surface area contributed by atoms with E-state index in [1.54, 1.807) is 0 Å². The molecule has 0 radical (unpaired) electrons. The van der Waals surface area contributed by atoms with Gasteiger partial charge < -0.3 is 66.3 Å². The molecular weight excluding hydrogens is 854 g/mol. The Labute approximate surface area is 359 Å². The first kappa shape index (κ1) is 51.7. The largest absolute Gasteiger partial charge is 0.463 e. The van der Waals surface area contributed by atoms with Gasteiger partial charge in [-0.2, -0.15) is 0 Å². The van der Waals surface area contributed by atoms with E-state index in [1.165, 1.54) is 6.92 Å². The Hall–Kier alpha value is -5.66. The predicted molar refractivity (Wildman–Crippen MR) is 197 cm³/mol. The van der Waals surface area contributed by atoms with Gasteiger partial charge in [-0.25, -0.2) is 0 Å². The average molecular weight is 906 g/mol. The maximum atomic E-state index is 12.7. The number of carbonyl (C=O) groups is 9. The minimum Gasteiger partial charge on any atom is -0.463 e. The van der Waals surface area contributed by atoms with Crippen molar-refractivity contribution in [3.63, 3.8) is 0 Å². The summed E-state index contributed by atoms with van der Waals surface area (Å²) in [5.74, 6) is -9.16. The Morgan fingerprint density at radius 3 is 1.13 bits per heavy atom. The lowest BCUT2D eigenvalue weighted by Crippen LogP contribution is -2.66. The standard InChI is InChI=1S/C37H51N3O23/c1-14-27(62-37-34(58-23(10)49)32(57-22(9)48)30(55-20(7)46)26(61-37)13-52-17(4)43)28(53-18(5)44)25(12-51-16(3)42)60-36(14)63-33-31(56-21(8)47)29(54-19(6)45)24(11-50-15(2)41)59-35(33)39-40-38/h14,24-37H,11-13H2,1-10H3/t14?,24?,25?,26?,27-,28+,29+,30+,31+,32+,33?,34?,35-,36+,37+/m1/s1. The summed E-state index contributed by atoms with van der Waals surface area (Å²) < 4.78 is 79.7. The van der Waals surface area contributed by atoms with Gasteiger partial charge in [-0.05, 0) is 5.53 Å². The zero-order valence-corrected chi connectivity index (χ0v) is 36.0. The molecule has 26 heteroatoms. The number of hydrogen-bond donors (Lipinski definition) is 0. The van der Waals surface area contributed by atoms with E-state index in [9.17, 15) is 48.7 Å². The normalized spacial score (nSPS) is 32.5. The molecule has 0 aromatic carbocycles. The monoisotopic (exact) mass is 905 g/mol. The van der Waals surface area contributed by atoms with Crippen LogP contribution in [0.1, 0.15) is 69.2 Å². The third-order valence-electron chi connectivity index (χ3n) is 9.06. The highest BCUT2D eigenvalue weighted by atomic mass is 16.8.